The van der Waals surface area contributed by atoms with Gasteiger partial charge in [-0.05, 0) is 43.0 Å². The molecule has 2 fully saturated rings. The summed E-state index contributed by atoms with van der Waals surface area (Å²) in [6, 6.07) is 3.53. The van der Waals surface area contributed by atoms with Crippen LogP contribution in [0, 0.1) is 23.2 Å². The van der Waals surface area contributed by atoms with Crippen LogP contribution in [-0.2, 0) is 20.7 Å². The lowest BCUT2D eigenvalue weighted by Crippen LogP contribution is -2.93. The van der Waals surface area contributed by atoms with E-state index in [-0.39, 0.29) is 37.6 Å². The van der Waals surface area contributed by atoms with Gasteiger partial charge in [0.15, 0.2) is 16.9 Å². The van der Waals surface area contributed by atoms with Crippen molar-refractivity contribution in [1.82, 2.24) is 5.32 Å². The average Bonchev–Trinajstić information content (AvgIpc) is 3.60. The molecule has 1 saturated heterocycles. The van der Waals surface area contributed by atoms with Gasteiger partial charge in [0.25, 0.3) is 5.79 Å². The molecule has 1 aromatic heterocycles. The highest BCUT2D eigenvalue weighted by atomic mass is 33.1. The van der Waals surface area contributed by atoms with E-state index >= 15 is 0 Å². The number of furan rings is 1. The van der Waals surface area contributed by atoms with E-state index in [9.17, 15) is 35.4 Å². The molecule has 1 spiro atoms. The molecule has 276 valence electrons. The fraction of sp³-hybridized carbons (Fsp3) is 0.583. The Balaban J connectivity index is 1.40. The molecular formula is C36H43NO12S2. The summed E-state index contributed by atoms with van der Waals surface area (Å²) in [5, 5.41) is 76.3. The zero-order valence-electron chi connectivity index (χ0n) is 28.0. The number of allylic oxidation sites excluding steroid dienone is 1. The number of carbonyl (C=O) groups is 1. The van der Waals surface area contributed by atoms with Gasteiger partial charge in [0.1, 0.15) is 23.9 Å². The number of carbonyl (C=O) groups excluding carboxylic acids is 1. The topological polar surface area (TPSA) is 201 Å². The Morgan fingerprint density at radius 1 is 1.06 bits per heavy atom. The van der Waals surface area contributed by atoms with Crippen LogP contribution in [-0.4, -0.2) is 122 Å². The van der Waals surface area contributed by atoms with E-state index in [0.29, 0.717) is 35.4 Å². The zero-order valence-corrected chi connectivity index (χ0v) is 29.6. The summed E-state index contributed by atoms with van der Waals surface area (Å²) >= 11 is 0. The molecule has 4 heterocycles. The third-order valence-corrected chi connectivity index (χ3v) is 14.6. The van der Waals surface area contributed by atoms with Crippen LogP contribution in [0.25, 0.3) is 11.0 Å². The van der Waals surface area contributed by atoms with Crippen LogP contribution < -0.4 is 14.8 Å². The summed E-state index contributed by atoms with van der Waals surface area (Å²) in [7, 11) is 2.86. The third kappa shape index (κ3) is 4.69. The van der Waals surface area contributed by atoms with Crippen LogP contribution in [0.3, 0.4) is 0 Å². The van der Waals surface area contributed by atoms with Gasteiger partial charge in [-0.3, -0.25) is 4.79 Å². The number of aliphatic hydroxyl groups is 6. The number of aliphatic hydroxyl groups excluding tert-OH is 4. The van der Waals surface area contributed by atoms with E-state index in [4.69, 9.17) is 23.4 Å². The fourth-order valence-corrected chi connectivity index (χ4v) is 12.2. The van der Waals surface area contributed by atoms with Crippen molar-refractivity contribution in [2.75, 3.05) is 45.3 Å². The Labute approximate surface area is 302 Å². The molecule has 7 N–H and O–H groups in total. The summed E-state index contributed by atoms with van der Waals surface area (Å²) < 4.78 is 31.5. The Morgan fingerprint density at radius 3 is 2.69 bits per heavy atom. The molecule has 1 aromatic carbocycles. The summed E-state index contributed by atoms with van der Waals surface area (Å²) in [5.74, 6) is -4.73. The van der Waals surface area contributed by atoms with Gasteiger partial charge in [-0.25, -0.2) is 0 Å². The molecule has 0 amide bonds. The molecular weight excluding hydrogens is 703 g/mol. The maximum Gasteiger partial charge on any atom is 0.306 e. The first-order chi connectivity index (χ1) is 24.6. The van der Waals surface area contributed by atoms with E-state index < -0.39 is 82.4 Å². The smallest absolute Gasteiger partial charge is 0.306 e. The van der Waals surface area contributed by atoms with E-state index in [1.165, 1.54) is 40.0 Å². The average molecular weight is 746 g/mol. The predicted molar refractivity (Wildman–Crippen MR) is 187 cm³/mol. The monoisotopic (exact) mass is 745 g/mol. The summed E-state index contributed by atoms with van der Waals surface area (Å²) in [4.78, 5) is 12.6. The number of hydrogen-bond donors (Lipinski definition) is 7. The lowest BCUT2D eigenvalue weighted by Gasteiger charge is -2.75. The fourth-order valence-electron chi connectivity index (χ4n) is 9.51. The molecule has 15 heteroatoms. The van der Waals surface area contributed by atoms with Crippen LogP contribution in [0.1, 0.15) is 18.9 Å². The van der Waals surface area contributed by atoms with Gasteiger partial charge in [-0.1, -0.05) is 52.0 Å². The molecule has 8 rings (SSSR count). The molecule has 3 aliphatic heterocycles. The Bertz CT molecular complexity index is 1780. The summed E-state index contributed by atoms with van der Waals surface area (Å²) in [6.07, 6.45) is 8.01. The van der Waals surface area contributed by atoms with Crippen molar-refractivity contribution in [1.29, 1.82) is 0 Å². The maximum absolute atomic E-state index is 13.4. The molecule has 51 heavy (non-hydrogen) atoms. The second-order valence-electron chi connectivity index (χ2n) is 14.1. The van der Waals surface area contributed by atoms with Gasteiger partial charge < -0.3 is 59.3 Å². The Morgan fingerprint density at radius 2 is 1.90 bits per heavy atom. The molecule has 0 radical (unpaired) electrons. The molecule has 1 saturated carbocycles. The van der Waals surface area contributed by atoms with Crippen LogP contribution in [0.5, 0.6) is 11.5 Å². The highest BCUT2D eigenvalue weighted by Crippen LogP contribution is 2.71. The van der Waals surface area contributed by atoms with Crippen molar-refractivity contribution in [2.24, 2.45) is 23.2 Å². The van der Waals surface area contributed by atoms with Crippen LogP contribution in [0.2, 0.25) is 0 Å². The predicted octanol–water partition coefficient (Wildman–Crippen LogP) is 1.23. The SMILES string of the molecule is CCOC(=O)CCc1cc2ccoc2c2c1O[C@]13C=C[C@@H](SSCCNCCO2)[C@](CO)(O1)[C@@]1(O)[C@@H]2C=C[C@@]4(CO)[C@H](O)C=C[C@H]2[C@@H]4[C@@]3(O)[C@H]1O. The normalized spacial score (nSPS) is 42.3. The van der Waals surface area contributed by atoms with Crippen molar-refractivity contribution in [2.45, 2.75) is 59.8 Å². The van der Waals surface area contributed by atoms with Crippen LogP contribution in [0.15, 0.2) is 59.3 Å². The number of fused-ring (bicyclic) bond motifs is 10. The zero-order chi connectivity index (χ0) is 35.8. The Hall–Kier alpha value is -2.57. The molecule has 9 bridgehead atoms. The summed E-state index contributed by atoms with van der Waals surface area (Å²) in [5.41, 5.74) is -7.50. The minimum atomic E-state index is -2.57. The third-order valence-electron chi connectivity index (χ3n) is 11.8. The number of aryl methyl sites for hydroxylation is 1. The van der Waals surface area contributed by atoms with Gasteiger partial charge in [0.2, 0.25) is 5.75 Å². The van der Waals surface area contributed by atoms with E-state index in [1.54, 1.807) is 43.4 Å². The number of benzene rings is 1. The standard InChI is InChI=1S/C36H43NO12S2/c1-2-45-26(41)6-3-20-17-21-9-14-46-27(21)29-28(20)48-34-11-8-25(51-50-16-13-37-12-15-47-29)33(19-39,49-34)35(43)23-7-10-32(18-38)24(40)5-4-22(23)30(32)36(34,44)31(35)42/h4-5,7-11,14,17,22-25,30-31,37-40,42-44H,2-3,6,12-13,15-16,18-19H2,1H3/t22-,23-,24-,25-,30+,31+,32-,33+,34-,35-,36-/m1/s1. The van der Waals surface area contributed by atoms with E-state index in [1.807, 2.05) is 0 Å². The first kappa shape index (κ1) is 35.5. The lowest BCUT2D eigenvalue weighted by atomic mass is 9.39. The Kier molecular flexibility index (Phi) is 8.89. The van der Waals surface area contributed by atoms with Gasteiger partial charge in [0.05, 0.1) is 37.4 Å². The highest BCUT2D eigenvalue weighted by Gasteiger charge is 2.87. The van der Waals surface area contributed by atoms with Crippen molar-refractivity contribution >= 4 is 38.5 Å². The number of esters is 1. The first-order valence-corrected chi connectivity index (χ1v) is 19.7. The van der Waals surface area contributed by atoms with Crippen LogP contribution in [0.4, 0.5) is 0 Å². The molecule has 2 aromatic rings. The van der Waals surface area contributed by atoms with Crippen molar-refractivity contribution < 1.29 is 58.8 Å². The highest BCUT2D eigenvalue weighted by molar-refractivity contribution is 8.77. The first-order valence-electron chi connectivity index (χ1n) is 17.4. The number of ether oxygens (including phenoxy) is 4. The second kappa shape index (κ2) is 12.8. The lowest BCUT2D eigenvalue weighted by molar-refractivity contribution is -0.462. The quantitative estimate of drug-likeness (QED) is 0.126. The van der Waals surface area contributed by atoms with E-state index in [2.05, 4.69) is 5.32 Å². The summed E-state index contributed by atoms with van der Waals surface area (Å²) in [6.45, 7) is 1.81. The number of rotatable bonds is 6. The van der Waals surface area contributed by atoms with Crippen molar-refractivity contribution in [3.05, 3.63) is 60.4 Å². The number of nitrogens with one attached hydrogen (secondary N) is 1. The molecule has 0 unspecified atom stereocenters. The van der Waals surface area contributed by atoms with E-state index in [0.717, 1.165) is 0 Å². The number of hydrogen-bond acceptors (Lipinski definition) is 15. The maximum atomic E-state index is 13.4. The minimum Gasteiger partial charge on any atom is -0.485 e. The van der Waals surface area contributed by atoms with Gasteiger partial charge in [-0.15, -0.1) is 0 Å². The van der Waals surface area contributed by atoms with Gasteiger partial charge >= 0.3 is 5.97 Å². The largest absolute Gasteiger partial charge is 0.485 e. The van der Waals surface area contributed by atoms with Gasteiger partial charge in [-0.2, -0.15) is 0 Å². The molecule has 6 aliphatic rings. The van der Waals surface area contributed by atoms with Gasteiger partial charge in [0, 0.05) is 47.9 Å². The van der Waals surface area contributed by atoms with Crippen molar-refractivity contribution in [3.8, 4) is 11.5 Å². The second-order valence-corrected chi connectivity index (χ2v) is 16.8. The molecule has 11 atom stereocenters. The minimum absolute atomic E-state index is 0.0246. The molecule has 3 aliphatic carbocycles. The van der Waals surface area contributed by atoms with Crippen molar-refractivity contribution in [3.63, 3.8) is 0 Å². The van der Waals surface area contributed by atoms with Crippen LogP contribution >= 0.6 is 21.6 Å². The molecule has 13 nitrogen and oxygen atoms in total.